The van der Waals surface area contributed by atoms with E-state index < -0.39 is 0 Å². The minimum Gasteiger partial charge on any atom is -0.349 e. The molecule has 0 aliphatic rings. The summed E-state index contributed by atoms with van der Waals surface area (Å²) in [7, 11) is 0. The molecule has 0 aromatic heterocycles. The van der Waals surface area contributed by atoms with Gasteiger partial charge in [-0.2, -0.15) is 0 Å². The van der Waals surface area contributed by atoms with E-state index in [0.29, 0.717) is 5.69 Å². The van der Waals surface area contributed by atoms with Crippen molar-refractivity contribution in [2.45, 2.75) is 32.9 Å². The van der Waals surface area contributed by atoms with Crippen LogP contribution in [-0.2, 0) is 9.59 Å². The van der Waals surface area contributed by atoms with Gasteiger partial charge in [0.25, 0.3) is 0 Å². The van der Waals surface area contributed by atoms with Crippen molar-refractivity contribution < 1.29 is 9.59 Å². The van der Waals surface area contributed by atoms with E-state index in [4.69, 9.17) is 5.73 Å². The van der Waals surface area contributed by atoms with Crippen LogP contribution in [0.4, 0.5) is 5.69 Å². The van der Waals surface area contributed by atoms with Crippen LogP contribution in [0.15, 0.2) is 54.6 Å². The molecule has 2 aromatic carbocycles. The van der Waals surface area contributed by atoms with E-state index in [0.717, 1.165) is 11.1 Å². The largest absolute Gasteiger partial charge is 0.349 e. The SMILES string of the molecule is CC(=O)Nc1cccc(C(C)NC(=O)C(C)C(N)c2ccccc2)c1. The molecule has 2 aromatic rings. The number of nitrogens with two attached hydrogens (primary N) is 1. The molecule has 4 N–H and O–H groups in total. The Labute approximate surface area is 148 Å². The van der Waals surface area contributed by atoms with Crippen molar-refractivity contribution in [3.05, 3.63) is 65.7 Å². The van der Waals surface area contributed by atoms with Crippen molar-refractivity contribution in [1.29, 1.82) is 0 Å². The number of carbonyl (C=O) groups excluding carboxylic acids is 2. The van der Waals surface area contributed by atoms with Gasteiger partial charge in [0.15, 0.2) is 0 Å². The summed E-state index contributed by atoms with van der Waals surface area (Å²) in [5, 5.41) is 5.74. The second kappa shape index (κ2) is 8.44. The second-order valence-corrected chi connectivity index (χ2v) is 6.26. The van der Waals surface area contributed by atoms with Crippen LogP contribution in [0.25, 0.3) is 0 Å². The zero-order valence-corrected chi connectivity index (χ0v) is 14.8. The first-order chi connectivity index (χ1) is 11.9. The van der Waals surface area contributed by atoms with Gasteiger partial charge in [-0.15, -0.1) is 0 Å². The molecule has 0 saturated heterocycles. The Hall–Kier alpha value is -2.66. The fourth-order valence-electron chi connectivity index (χ4n) is 2.64. The summed E-state index contributed by atoms with van der Waals surface area (Å²) in [6.45, 7) is 5.20. The molecule has 0 spiro atoms. The van der Waals surface area contributed by atoms with Crippen LogP contribution in [0, 0.1) is 5.92 Å². The fourth-order valence-corrected chi connectivity index (χ4v) is 2.64. The van der Waals surface area contributed by atoms with Gasteiger partial charge in [-0.3, -0.25) is 9.59 Å². The molecule has 0 saturated carbocycles. The molecule has 5 nitrogen and oxygen atoms in total. The van der Waals surface area contributed by atoms with Gasteiger partial charge in [-0.25, -0.2) is 0 Å². The number of benzene rings is 2. The second-order valence-electron chi connectivity index (χ2n) is 6.26. The molecular formula is C20H25N3O2. The monoisotopic (exact) mass is 339 g/mol. The van der Waals surface area contributed by atoms with Gasteiger partial charge in [-0.05, 0) is 30.2 Å². The molecule has 132 valence electrons. The minimum absolute atomic E-state index is 0.103. The van der Waals surface area contributed by atoms with Crippen LogP contribution in [-0.4, -0.2) is 11.8 Å². The highest BCUT2D eigenvalue weighted by molar-refractivity contribution is 5.88. The first-order valence-electron chi connectivity index (χ1n) is 8.37. The molecule has 0 aliphatic carbocycles. The van der Waals surface area contributed by atoms with Gasteiger partial charge in [0.2, 0.25) is 11.8 Å². The molecule has 0 bridgehead atoms. The highest BCUT2D eigenvalue weighted by Gasteiger charge is 2.23. The van der Waals surface area contributed by atoms with Crippen molar-refractivity contribution >= 4 is 17.5 Å². The Balaban J connectivity index is 2.03. The van der Waals surface area contributed by atoms with Crippen molar-refractivity contribution in [3.63, 3.8) is 0 Å². The van der Waals surface area contributed by atoms with E-state index in [1.807, 2.05) is 68.4 Å². The molecule has 25 heavy (non-hydrogen) atoms. The molecule has 5 heteroatoms. The summed E-state index contributed by atoms with van der Waals surface area (Å²) in [4.78, 5) is 23.7. The highest BCUT2D eigenvalue weighted by atomic mass is 16.2. The van der Waals surface area contributed by atoms with Crippen LogP contribution in [0.2, 0.25) is 0 Å². The standard InChI is InChI=1S/C20H25N3O2/c1-13(19(21)16-8-5-4-6-9-16)20(25)22-14(2)17-10-7-11-18(12-17)23-15(3)24/h4-14,19H,21H2,1-3H3,(H,22,25)(H,23,24). The predicted molar refractivity (Wildman–Crippen MR) is 99.8 cm³/mol. The van der Waals surface area contributed by atoms with Crippen molar-refractivity contribution in [1.82, 2.24) is 5.32 Å². The molecule has 0 aliphatic heterocycles. The zero-order chi connectivity index (χ0) is 18.4. The number of carbonyl (C=O) groups is 2. The smallest absolute Gasteiger partial charge is 0.225 e. The topological polar surface area (TPSA) is 84.2 Å². The Morgan fingerprint density at radius 1 is 0.960 bits per heavy atom. The molecule has 2 amide bonds. The number of hydrogen-bond acceptors (Lipinski definition) is 3. The molecule has 0 fully saturated rings. The summed E-state index contributed by atoms with van der Waals surface area (Å²) in [6.07, 6.45) is 0. The summed E-state index contributed by atoms with van der Waals surface area (Å²) in [6, 6.07) is 16.5. The zero-order valence-electron chi connectivity index (χ0n) is 14.8. The van der Waals surface area contributed by atoms with E-state index in [-0.39, 0.29) is 29.8 Å². The number of rotatable bonds is 6. The third kappa shape index (κ3) is 5.16. The van der Waals surface area contributed by atoms with Crippen LogP contribution in [0.3, 0.4) is 0 Å². The maximum atomic E-state index is 12.5. The van der Waals surface area contributed by atoms with Crippen LogP contribution in [0.5, 0.6) is 0 Å². The molecule has 0 radical (unpaired) electrons. The van der Waals surface area contributed by atoms with Crippen molar-refractivity contribution in [2.75, 3.05) is 5.32 Å². The summed E-state index contributed by atoms with van der Waals surface area (Å²) >= 11 is 0. The van der Waals surface area contributed by atoms with Gasteiger partial charge in [0, 0.05) is 18.7 Å². The van der Waals surface area contributed by atoms with Crippen LogP contribution >= 0.6 is 0 Å². The maximum absolute atomic E-state index is 12.5. The van der Waals surface area contributed by atoms with Gasteiger partial charge < -0.3 is 16.4 Å². The lowest BCUT2D eigenvalue weighted by atomic mass is 9.94. The molecule has 3 atom stereocenters. The van der Waals surface area contributed by atoms with Gasteiger partial charge in [0.1, 0.15) is 0 Å². The summed E-state index contributed by atoms with van der Waals surface area (Å²) < 4.78 is 0. The van der Waals surface area contributed by atoms with Gasteiger partial charge in [-0.1, -0.05) is 49.4 Å². The lowest BCUT2D eigenvalue weighted by Gasteiger charge is -2.23. The quantitative estimate of drug-likeness (QED) is 0.756. The van der Waals surface area contributed by atoms with Crippen LogP contribution < -0.4 is 16.4 Å². The predicted octanol–water partition coefficient (Wildman–Crippen LogP) is 3.16. The first kappa shape index (κ1) is 18.7. The normalized spacial score (nSPS) is 14.2. The molecule has 0 heterocycles. The number of nitrogens with one attached hydrogen (secondary N) is 2. The lowest BCUT2D eigenvalue weighted by Crippen LogP contribution is -2.36. The minimum atomic E-state index is -0.362. The lowest BCUT2D eigenvalue weighted by molar-refractivity contribution is -0.125. The first-order valence-corrected chi connectivity index (χ1v) is 8.37. The van der Waals surface area contributed by atoms with E-state index in [9.17, 15) is 9.59 Å². The third-order valence-electron chi connectivity index (χ3n) is 4.20. The molecule has 2 rings (SSSR count). The van der Waals surface area contributed by atoms with E-state index in [1.165, 1.54) is 6.92 Å². The Kier molecular flexibility index (Phi) is 6.31. The van der Waals surface area contributed by atoms with E-state index in [1.54, 1.807) is 0 Å². The number of amides is 2. The van der Waals surface area contributed by atoms with E-state index in [2.05, 4.69) is 10.6 Å². The van der Waals surface area contributed by atoms with Crippen molar-refractivity contribution in [2.24, 2.45) is 11.7 Å². The summed E-state index contributed by atoms with van der Waals surface area (Å²) in [5.74, 6) is -0.589. The van der Waals surface area contributed by atoms with Gasteiger partial charge >= 0.3 is 0 Å². The average Bonchev–Trinajstić information content (AvgIpc) is 2.60. The Morgan fingerprint density at radius 3 is 2.24 bits per heavy atom. The van der Waals surface area contributed by atoms with E-state index >= 15 is 0 Å². The number of hydrogen-bond donors (Lipinski definition) is 3. The number of anilines is 1. The molecule has 3 unspecified atom stereocenters. The fraction of sp³-hybridized carbons (Fsp3) is 0.300. The summed E-state index contributed by atoms with van der Waals surface area (Å²) in [5.41, 5.74) is 8.79. The molecular weight excluding hydrogens is 314 g/mol. The van der Waals surface area contributed by atoms with Crippen molar-refractivity contribution in [3.8, 4) is 0 Å². The Morgan fingerprint density at radius 2 is 1.60 bits per heavy atom. The van der Waals surface area contributed by atoms with Gasteiger partial charge in [0.05, 0.1) is 12.0 Å². The maximum Gasteiger partial charge on any atom is 0.225 e. The third-order valence-corrected chi connectivity index (χ3v) is 4.20. The Bertz CT molecular complexity index is 731. The highest BCUT2D eigenvalue weighted by Crippen LogP contribution is 2.22. The average molecular weight is 339 g/mol. The van der Waals surface area contributed by atoms with Crippen LogP contribution in [0.1, 0.15) is 44.0 Å².